The number of hydrogen-bond acceptors (Lipinski definition) is 4. The topological polar surface area (TPSA) is 61.4 Å². The van der Waals surface area contributed by atoms with E-state index in [1.165, 1.54) is 17.3 Å². The van der Waals surface area contributed by atoms with E-state index in [0.29, 0.717) is 18.7 Å². The van der Waals surface area contributed by atoms with Gasteiger partial charge in [-0.05, 0) is 18.9 Å². The number of aryl methyl sites for hydroxylation is 2. The summed E-state index contributed by atoms with van der Waals surface area (Å²) in [6.07, 6.45) is -0.473. The van der Waals surface area contributed by atoms with E-state index in [1.54, 1.807) is 6.92 Å². The summed E-state index contributed by atoms with van der Waals surface area (Å²) in [5.41, 5.74) is 1.08. The van der Waals surface area contributed by atoms with E-state index in [9.17, 15) is 13.2 Å². The largest absolute Gasteiger partial charge is 0.408 e. The van der Waals surface area contributed by atoms with Gasteiger partial charge in [0.05, 0.1) is 0 Å². The van der Waals surface area contributed by atoms with Gasteiger partial charge in [0.25, 0.3) is 0 Å². The van der Waals surface area contributed by atoms with Crippen molar-refractivity contribution in [2.75, 3.05) is 0 Å². The lowest BCUT2D eigenvalue weighted by molar-refractivity contribution is -0.143. The van der Waals surface area contributed by atoms with Gasteiger partial charge in [-0.3, -0.25) is 0 Å². The van der Waals surface area contributed by atoms with E-state index >= 15 is 0 Å². The van der Waals surface area contributed by atoms with E-state index in [0.717, 1.165) is 10.2 Å². The van der Waals surface area contributed by atoms with E-state index in [1.807, 2.05) is 30.3 Å². The Labute approximate surface area is 142 Å². The average Bonchev–Trinajstić information content (AvgIpc) is 3.22. The van der Waals surface area contributed by atoms with Crippen molar-refractivity contribution >= 4 is 0 Å². The highest BCUT2D eigenvalue weighted by atomic mass is 19.4. The fourth-order valence-corrected chi connectivity index (χ4v) is 2.54. The molecule has 6 nitrogen and oxygen atoms in total. The third-order valence-corrected chi connectivity index (χ3v) is 3.76. The molecule has 0 fully saturated rings. The molecule has 0 spiro atoms. The second kappa shape index (κ2) is 7.04. The molecule has 9 heteroatoms. The maximum atomic E-state index is 12.9. The molecule has 0 amide bonds. The van der Waals surface area contributed by atoms with Crippen molar-refractivity contribution in [3.63, 3.8) is 0 Å². The van der Waals surface area contributed by atoms with Crippen LogP contribution in [0.25, 0.3) is 0 Å². The average molecular weight is 350 g/mol. The summed E-state index contributed by atoms with van der Waals surface area (Å²) < 4.78 is 41.0. The van der Waals surface area contributed by atoms with Gasteiger partial charge in [0, 0.05) is 6.42 Å². The summed E-state index contributed by atoms with van der Waals surface area (Å²) >= 11 is 0. The van der Waals surface area contributed by atoms with Crippen molar-refractivity contribution < 1.29 is 13.2 Å². The monoisotopic (exact) mass is 350 g/mol. The number of benzene rings is 1. The summed E-state index contributed by atoms with van der Waals surface area (Å²) in [6.45, 7) is 0.534. The molecule has 3 aromatic rings. The van der Waals surface area contributed by atoms with E-state index in [-0.39, 0.29) is 5.82 Å². The molecule has 2 heterocycles. The molecule has 0 radical (unpaired) electrons. The van der Waals surface area contributed by atoms with Crippen LogP contribution >= 0.6 is 0 Å². The number of nitrogens with zero attached hydrogens (tertiary/aromatic N) is 6. The molecule has 2 aromatic heterocycles. The maximum absolute atomic E-state index is 12.9. The van der Waals surface area contributed by atoms with E-state index < -0.39 is 18.8 Å². The zero-order valence-electron chi connectivity index (χ0n) is 13.6. The minimum absolute atomic E-state index is 0.214. The Morgan fingerprint density at radius 3 is 2.52 bits per heavy atom. The Kier molecular flexibility index (Phi) is 4.82. The van der Waals surface area contributed by atoms with Gasteiger partial charge in [-0.2, -0.15) is 23.4 Å². The summed E-state index contributed by atoms with van der Waals surface area (Å²) in [7, 11) is 0. The predicted molar refractivity (Wildman–Crippen MR) is 83.8 cm³/mol. The molecule has 0 unspecified atom stereocenters. The molecule has 0 aliphatic carbocycles. The van der Waals surface area contributed by atoms with E-state index in [4.69, 9.17) is 0 Å². The van der Waals surface area contributed by atoms with Crippen molar-refractivity contribution in [2.45, 2.75) is 38.5 Å². The maximum Gasteiger partial charge on any atom is 0.408 e. The van der Waals surface area contributed by atoms with Crippen LogP contribution in [0.2, 0.25) is 0 Å². The molecule has 0 aliphatic heterocycles. The molecule has 3 rings (SSSR count). The van der Waals surface area contributed by atoms with Crippen LogP contribution in [0.1, 0.15) is 30.2 Å². The number of rotatable bonds is 6. The molecule has 0 N–H and O–H groups in total. The van der Waals surface area contributed by atoms with Crippen LogP contribution in [-0.2, 0) is 19.4 Å². The van der Waals surface area contributed by atoms with Crippen molar-refractivity contribution in [1.82, 2.24) is 29.5 Å². The Hall–Kier alpha value is -2.71. The molecule has 0 aliphatic rings. The SMILES string of the molecule is C[C@H](c1nc(CCc2ccccc2)nn1CC(F)(F)F)n1cncn1. The predicted octanol–water partition coefficient (Wildman–Crippen LogP) is 2.83. The highest BCUT2D eigenvalue weighted by Gasteiger charge is 2.31. The summed E-state index contributed by atoms with van der Waals surface area (Å²) in [5.74, 6) is 0.598. The Morgan fingerprint density at radius 2 is 1.88 bits per heavy atom. The van der Waals surface area contributed by atoms with Crippen LogP contribution in [0, 0.1) is 0 Å². The van der Waals surface area contributed by atoms with Gasteiger partial charge in [-0.25, -0.2) is 19.3 Å². The van der Waals surface area contributed by atoms with Crippen LogP contribution in [0.4, 0.5) is 13.2 Å². The Bertz CT molecular complexity index is 795. The minimum Gasteiger partial charge on any atom is -0.243 e. The number of hydrogen-bond donors (Lipinski definition) is 0. The molecular weight excluding hydrogens is 333 g/mol. The minimum atomic E-state index is -4.37. The lowest BCUT2D eigenvalue weighted by atomic mass is 10.1. The number of halogens is 3. The first-order valence-electron chi connectivity index (χ1n) is 7.81. The summed E-state index contributed by atoms with van der Waals surface area (Å²) in [5, 5.41) is 8.04. The zero-order valence-corrected chi connectivity index (χ0v) is 13.6. The highest BCUT2D eigenvalue weighted by molar-refractivity contribution is 5.15. The Balaban J connectivity index is 1.83. The second-order valence-corrected chi connectivity index (χ2v) is 5.70. The van der Waals surface area contributed by atoms with Crippen molar-refractivity contribution in [2.24, 2.45) is 0 Å². The standard InChI is InChI=1S/C16H17F3N6/c1-12(25-11-20-10-21-25)15-22-14(23-24(15)9-16(17,18)19)8-7-13-5-3-2-4-6-13/h2-6,10-12H,7-9H2,1H3/t12-/m1/s1. The van der Waals surface area contributed by atoms with Gasteiger partial charge in [-0.1, -0.05) is 30.3 Å². The third-order valence-electron chi connectivity index (χ3n) is 3.76. The molecule has 132 valence electrons. The van der Waals surface area contributed by atoms with Gasteiger partial charge in [0.2, 0.25) is 0 Å². The van der Waals surface area contributed by atoms with Crippen LogP contribution in [0.5, 0.6) is 0 Å². The first-order chi connectivity index (χ1) is 11.9. The van der Waals surface area contributed by atoms with Gasteiger partial charge in [0.1, 0.15) is 25.2 Å². The highest BCUT2D eigenvalue weighted by Crippen LogP contribution is 2.22. The van der Waals surface area contributed by atoms with Crippen LogP contribution in [0.3, 0.4) is 0 Å². The van der Waals surface area contributed by atoms with Crippen LogP contribution in [0.15, 0.2) is 43.0 Å². The Morgan fingerprint density at radius 1 is 1.12 bits per heavy atom. The molecular formula is C16H17F3N6. The fourth-order valence-electron chi connectivity index (χ4n) is 2.54. The van der Waals surface area contributed by atoms with Gasteiger partial charge in [-0.15, -0.1) is 0 Å². The molecule has 1 aromatic carbocycles. The van der Waals surface area contributed by atoms with Gasteiger partial charge < -0.3 is 0 Å². The number of alkyl halides is 3. The third kappa shape index (κ3) is 4.43. The van der Waals surface area contributed by atoms with Crippen molar-refractivity contribution in [1.29, 1.82) is 0 Å². The van der Waals surface area contributed by atoms with E-state index in [2.05, 4.69) is 20.2 Å². The summed E-state index contributed by atoms with van der Waals surface area (Å²) in [6, 6.07) is 9.18. The fraction of sp³-hybridized carbons (Fsp3) is 0.375. The molecule has 0 saturated heterocycles. The van der Waals surface area contributed by atoms with Crippen LogP contribution < -0.4 is 0 Å². The lowest BCUT2D eigenvalue weighted by Gasteiger charge is -2.13. The number of aromatic nitrogens is 6. The molecule has 25 heavy (non-hydrogen) atoms. The first-order valence-corrected chi connectivity index (χ1v) is 7.81. The van der Waals surface area contributed by atoms with Crippen molar-refractivity contribution in [3.05, 3.63) is 60.2 Å². The molecule has 0 saturated carbocycles. The normalized spacial score (nSPS) is 13.1. The quantitative estimate of drug-likeness (QED) is 0.686. The smallest absolute Gasteiger partial charge is 0.243 e. The van der Waals surface area contributed by atoms with Crippen LogP contribution in [-0.4, -0.2) is 35.7 Å². The summed E-state index contributed by atoms with van der Waals surface area (Å²) in [4.78, 5) is 8.16. The molecule has 0 bridgehead atoms. The van der Waals surface area contributed by atoms with Crippen molar-refractivity contribution in [3.8, 4) is 0 Å². The second-order valence-electron chi connectivity index (χ2n) is 5.70. The van der Waals surface area contributed by atoms with Gasteiger partial charge >= 0.3 is 6.18 Å². The zero-order chi connectivity index (χ0) is 17.9. The van der Waals surface area contributed by atoms with Gasteiger partial charge in [0.15, 0.2) is 11.6 Å². The lowest BCUT2D eigenvalue weighted by Crippen LogP contribution is -2.23. The first kappa shape index (κ1) is 17.1. The molecule has 1 atom stereocenters.